The van der Waals surface area contributed by atoms with Crippen molar-refractivity contribution in [3.8, 4) is 18.1 Å². The Kier molecular flexibility index (Phi) is 20.1. The molecule has 0 saturated carbocycles. The molecular weight excluding hydrogens is 987 g/mol. The van der Waals surface area contributed by atoms with E-state index in [1.807, 2.05) is 0 Å². The highest BCUT2D eigenvalue weighted by atomic mass is 32.2. The van der Waals surface area contributed by atoms with Gasteiger partial charge in [0.25, 0.3) is 0 Å². The Labute approximate surface area is 418 Å². The summed E-state index contributed by atoms with van der Waals surface area (Å²) in [5.41, 5.74) is 1.90. The summed E-state index contributed by atoms with van der Waals surface area (Å²) < 4.78 is 64.1. The van der Waals surface area contributed by atoms with E-state index in [0.717, 1.165) is 0 Å². The molecule has 73 heavy (non-hydrogen) atoms. The Morgan fingerprint density at radius 2 is 1.58 bits per heavy atom. The number of ether oxygens (including phenoxy) is 6. The number of carbonyl (C=O) groups is 4. The van der Waals surface area contributed by atoms with Crippen LogP contribution in [0.15, 0.2) is 61.1 Å². The van der Waals surface area contributed by atoms with Crippen LogP contribution >= 0.6 is 0 Å². The predicted molar refractivity (Wildman–Crippen MR) is 252 cm³/mol. The molecule has 0 aliphatic carbocycles. The number of rotatable bonds is 27. The number of carboxylic acid groups (broad SMARTS) is 1. The molecule has 4 heterocycles. The monoisotopic (exact) mass is 1040 g/mol. The molecule has 2 saturated heterocycles. The molecule has 0 radical (unpaired) electrons. The average molecular weight is 1050 g/mol. The van der Waals surface area contributed by atoms with Crippen molar-refractivity contribution in [1.82, 2.24) is 14.9 Å². The van der Waals surface area contributed by atoms with Crippen molar-refractivity contribution in [1.29, 1.82) is 0 Å². The van der Waals surface area contributed by atoms with Crippen LogP contribution in [0.2, 0.25) is 0 Å². The smallest absolute Gasteiger partial charge is 0.335 e. The first-order valence-electron chi connectivity index (χ1n) is 22.8. The van der Waals surface area contributed by atoms with E-state index >= 15 is 0 Å². The van der Waals surface area contributed by atoms with Crippen molar-refractivity contribution in [2.75, 3.05) is 63.4 Å². The van der Waals surface area contributed by atoms with E-state index < -0.39 is 89.9 Å². The first-order chi connectivity index (χ1) is 34.8. The Balaban J connectivity index is 1.21. The van der Waals surface area contributed by atoms with Gasteiger partial charge in [-0.15, -0.1) is 6.42 Å². The fraction of sp³-hybridized carbons (Fsp3) is 0.478. The van der Waals surface area contributed by atoms with Crippen LogP contribution < -0.4 is 30.4 Å². The molecule has 0 unspecified atom stereocenters. The number of nitrogens with one attached hydrogen (secondary N) is 3. The van der Waals surface area contributed by atoms with Gasteiger partial charge in [-0.3, -0.25) is 18.6 Å². The van der Waals surface area contributed by atoms with Gasteiger partial charge in [-0.2, -0.15) is 8.42 Å². The van der Waals surface area contributed by atoms with E-state index in [9.17, 15) is 58.2 Å². The number of carboxylic acids is 1. The van der Waals surface area contributed by atoms with E-state index in [2.05, 4.69) is 31.0 Å². The van der Waals surface area contributed by atoms with Crippen LogP contribution in [0.5, 0.6) is 5.75 Å². The summed E-state index contributed by atoms with van der Waals surface area (Å²) in [4.78, 5) is 53.5. The van der Waals surface area contributed by atoms with Gasteiger partial charge in [-0.05, 0) is 48.9 Å². The van der Waals surface area contributed by atoms with E-state index in [1.54, 1.807) is 41.1 Å². The Hall–Kier alpha value is -6.23. The number of aromatic nitrogens is 3. The summed E-state index contributed by atoms with van der Waals surface area (Å²) in [7, 11) is -4.44. The number of nitrogens with two attached hydrogens (primary N) is 1. The molecule has 2 aliphatic heterocycles. The molecular formula is C46H58N7O19S+. The summed E-state index contributed by atoms with van der Waals surface area (Å²) in [6.45, 7) is 2.10. The van der Waals surface area contributed by atoms with Crippen LogP contribution in [0.25, 0.3) is 11.0 Å². The maximum Gasteiger partial charge on any atom is 0.335 e. The number of nitrogens with zero attached hydrogens (tertiary/aromatic N) is 3. The number of hydrogen-bond donors (Lipinski definition) is 10. The number of hydrogen-bond acceptors (Lipinski definition) is 20. The van der Waals surface area contributed by atoms with Gasteiger partial charge in [0.1, 0.15) is 53.5 Å². The lowest BCUT2D eigenvalue weighted by molar-refractivity contribution is -0.668. The maximum atomic E-state index is 13.5. The minimum atomic E-state index is -4.44. The van der Waals surface area contributed by atoms with Gasteiger partial charge in [-0.1, -0.05) is 23.0 Å². The number of benzene rings is 2. The number of fused-ring (bicyclic) bond motifs is 1. The van der Waals surface area contributed by atoms with Gasteiger partial charge >= 0.3 is 16.3 Å². The first-order valence-corrected chi connectivity index (χ1v) is 24.2. The third-order valence-electron chi connectivity index (χ3n) is 11.3. The molecule has 2 aromatic carbocycles. The largest absolute Gasteiger partial charge is 0.479 e. The number of terminal acetylenes is 1. The van der Waals surface area contributed by atoms with Crippen molar-refractivity contribution >= 4 is 62.1 Å². The molecule has 2 fully saturated rings. The Bertz CT molecular complexity index is 2720. The van der Waals surface area contributed by atoms with E-state index in [4.69, 9.17) is 40.0 Å². The quantitative estimate of drug-likeness (QED) is 0.0177. The molecule has 4 aromatic rings. The van der Waals surface area contributed by atoms with Crippen molar-refractivity contribution < 1.29 is 95.4 Å². The third kappa shape index (κ3) is 15.6. The lowest BCUT2D eigenvalue weighted by Crippen LogP contribution is -2.61. The van der Waals surface area contributed by atoms with Crippen molar-refractivity contribution in [3.05, 3.63) is 72.2 Å². The van der Waals surface area contributed by atoms with Crippen LogP contribution in [-0.4, -0.2) is 174 Å². The number of amides is 2. The second kappa shape index (κ2) is 26.1. The second-order valence-corrected chi connectivity index (χ2v) is 17.9. The third-order valence-corrected chi connectivity index (χ3v) is 11.7. The normalized spacial score (nSPS) is 22.9. The fourth-order valence-corrected chi connectivity index (χ4v) is 7.89. The highest BCUT2D eigenvalue weighted by molar-refractivity contribution is 7.84. The average Bonchev–Trinajstić information content (AvgIpc) is 3.91. The molecule has 6 rings (SSSR count). The summed E-state index contributed by atoms with van der Waals surface area (Å²) in [6.07, 6.45) is -7.04. The molecule has 0 bridgehead atoms. The molecule has 11 N–H and O–H groups in total. The van der Waals surface area contributed by atoms with Gasteiger partial charge in [0, 0.05) is 37.1 Å². The molecule has 2 aromatic heterocycles. The summed E-state index contributed by atoms with van der Waals surface area (Å²) in [6, 6.07) is 13.0. The number of Topliss-reactive ketones (excluding diaryl/α,β-unsaturated/α-hetero) is 1. The van der Waals surface area contributed by atoms with Gasteiger partial charge in [0.2, 0.25) is 42.1 Å². The van der Waals surface area contributed by atoms with Crippen molar-refractivity contribution in [2.24, 2.45) is 5.14 Å². The molecule has 9 atom stereocenters. The number of anilines is 3. The summed E-state index contributed by atoms with van der Waals surface area (Å²) in [5.74, 6) is 0.0564. The van der Waals surface area contributed by atoms with Crippen LogP contribution in [0.3, 0.4) is 0 Å². The van der Waals surface area contributed by atoms with E-state index in [1.165, 1.54) is 36.0 Å². The van der Waals surface area contributed by atoms with Gasteiger partial charge in [-0.25, -0.2) is 19.1 Å². The first kappa shape index (κ1) is 56.1. The van der Waals surface area contributed by atoms with Crippen LogP contribution in [0, 0.1) is 12.3 Å². The Morgan fingerprint density at radius 3 is 2.26 bits per heavy atom. The molecule has 396 valence electrons. The van der Waals surface area contributed by atoms with E-state index in [-0.39, 0.29) is 63.0 Å². The zero-order valence-electron chi connectivity index (χ0n) is 39.4. The lowest BCUT2D eigenvalue weighted by atomic mass is 9.99. The number of aliphatic hydroxyl groups excluding tert-OH is 5. The lowest BCUT2D eigenvalue weighted by Gasteiger charge is -2.38. The van der Waals surface area contributed by atoms with Crippen LogP contribution in [0.4, 0.5) is 17.2 Å². The minimum absolute atomic E-state index is 0.0173. The summed E-state index contributed by atoms with van der Waals surface area (Å²) >= 11 is 0. The number of ketones is 1. The molecule has 0 spiro atoms. The topological polar surface area (TPSA) is 372 Å². The maximum absolute atomic E-state index is 13.5. The molecule has 2 aliphatic rings. The molecule has 26 nitrogen and oxygen atoms in total. The zero-order chi connectivity index (χ0) is 52.8. The predicted octanol–water partition coefficient (Wildman–Crippen LogP) is -1.93. The van der Waals surface area contributed by atoms with Gasteiger partial charge in [0.15, 0.2) is 6.10 Å². The number of carbonyl (C=O) groups excluding carboxylic acids is 3. The standard InChI is InChI=1S/C46H57N7O19S/c1-3-27-5-4-6-29(21-27)50-42-30-10-14-53(44-39(60)36(57)33(70-44)24-69-73(47,64)65)43(30)52(25-49-42)23-28-7-8-32(71-46-40(61)37(58)38(59)41(72-46)45(62)63)31(22-28)51-35(56)9-13-48-34(55)12-16-67-18-20-68-19-17-66-15-11-26(2)54/h1,4-8,10,14,21-22,25,33,36-41,44,46,57-61H,9,11-13,15-20,23-24H2,2H3,(H5,47,48,51,55,56,62,63,64,65)/p+1/t33-,36-,37+,38+,39-,40-,41+,44-,46-/m1/s1. The van der Waals surface area contributed by atoms with E-state index in [0.29, 0.717) is 59.9 Å². The van der Waals surface area contributed by atoms with Gasteiger partial charge < -0.3 is 75.0 Å². The minimum Gasteiger partial charge on any atom is -0.479 e. The summed E-state index contributed by atoms with van der Waals surface area (Å²) in [5, 5.41) is 77.3. The second-order valence-electron chi connectivity index (χ2n) is 16.7. The van der Waals surface area contributed by atoms with Crippen molar-refractivity contribution in [2.45, 2.75) is 88.0 Å². The molecule has 27 heteroatoms. The highest BCUT2D eigenvalue weighted by Gasteiger charge is 2.49. The fourth-order valence-electron chi connectivity index (χ4n) is 7.57. The zero-order valence-corrected chi connectivity index (χ0v) is 40.2. The SMILES string of the molecule is C#Cc1cccc(Nc2nc[n+](Cc3ccc(O[C@@H]4O[C@H](C(=O)O)[C@@H](O)[C@H](O)[C@H]4O)c(NC(=O)CCNC(=O)CCOCCOCCOCCC(C)=O)c3)c3c2ccn3[C@@H]2O[C@H](COS(N)(=O)=O)[C@@H](O)[C@H]2O)c1. The molecule has 2 amide bonds. The van der Waals surface area contributed by atoms with Crippen LogP contribution in [-0.2, 0) is 63.9 Å². The highest BCUT2D eigenvalue weighted by Crippen LogP contribution is 2.35. The van der Waals surface area contributed by atoms with Crippen LogP contribution in [0.1, 0.15) is 43.5 Å². The Morgan fingerprint density at radius 1 is 0.863 bits per heavy atom. The number of aliphatic hydroxyl groups is 5. The number of aliphatic carboxylic acids is 1. The van der Waals surface area contributed by atoms with Gasteiger partial charge in [0.05, 0.1) is 64.7 Å². The van der Waals surface area contributed by atoms with Crippen molar-refractivity contribution in [3.63, 3.8) is 0 Å².